The Kier molecular flexibility index (Phi) is 4.68. The van der Waals surface area contributed by atoms with Gasteiger partial charge < -0.3 is 10.0 Å². The number of hydrogen-bond donors (Lipinski definition) is 1. The van der Waals surface area contributed by atoms with E-state index in [0.717, 1.165) is 25.9 Å². The van der Waals surface area contributed by atoms with Gasteiger partial charge in [0.15, 0.2) is 0 Å². The number of benzene rings is 1. The Morgan fingerprint density at radius 1 is 1.20 bits per heavy atom. The molecule has 0 saturated carbocycles. The van der Waals surface area contributed by atoms with Crippen LogP contribution in [0.2, 0.25) is 0 Å². The van der Waals surface area contributed by atoms with Crippen LogP contribution in [0.5, 0.6) is 0 Å². The fraction of sp³-hybridized carbons (Fsp3) is 0.417. The molecule has 1 saturated heterocycles. The lowest BCUT2D eigenvalue weighted by Gasteiger charge is -2.07. The van der Waals surface area contributed by atoms with Gasteiger partial charge >= 0.3 is 6.09 Å². The number of likely N-dealkylation sites (tertiary alicyclic amines) is 1. The van der Waals surface area contributed by atoms with E-state index in [9.17, 15) is 4.79 Å². The smallest absolute Gasteiger partial charge is 0.407 e. The SMILES string of the molecule is Cc1ccccc1.O=C(O)N1CCCC1. The number of aryl methyl sites for hydroxylation is 1. The summed E-state index contributed by atoms with van der Waals surface area (Å²) in [7, 11) is 0. The zero-order valence-electron chi connectivity index (χ0n) is 9.02. The number of amides is 1. The first-order valence-electron chi connectivity index (χ1n) is 5.19. The quantitative estimate of drug-likeness (QED) is 0.710. The molecule has 0 spiro atoms. The summed E-state index contributed by atoms with van der Waals surface area (Å²) in [5.74, 6) is 0. The summed E-state index contributed by atoms with van der Waals surface area (Å²) < 4.78 is 0. The van der Waals surface area contributed by atoms with Crippen LogP contribution in [0.15, 0.2) is 30.3 Å². The van der Waals surface area contributed by atoms with Crippen molar-refractivity contribution in [3.63, 3.8) is 0 Å². The van der Waals surface area contributed by atoms with Crippen LogP contribution >= 0.6 is 0 Å². The van der Waals surface area contributed by atoms with Crippen LogP contribution in [0.4, 0.5) is 4.79 Å². The largest absolute Gasteiger partial charge is 0.465 e. The van der Waals surface area contributed by atoms with Crippen molar-refractivity contribution in [2.45, 2.75) is 19.8 Å². The molecule has 0 unspecified atom stereocenters. The van der Waals surface area contributed by atoms with E-state index in [-0.39, 0.29) is 0 Å². The van der Waals surface area contributed by atoms with Gasteiger partial charge in [-0.15, -0.1) is 0 Å². The van der Waals surface area contributed by atoms with Gasteiger partial charge in [-0.25, -0.2) is 4.79 Å². The highest BCUT2D eigenvalue weighted by Crippen LogP contribution is 2.05. The van der Waals surface area contributed by atoms with Crippen molar-refractivity contribution in [1.29, 1.82) is 0 Å². The molecule has 0 aliphatic carbocycles. The van der Waals surface area contributed by atoms with Crippen molar-refractivity contribution in [1.82, 2.24) is 4.90 Å². The van der Waals surface area contributed by atoms with Crippen LogP contribution in [-0.4, -0.2) is 29.2 Å². The fourth-order valence-electron chi connectivity index (χ4n) is 1.44. The normalized spacial score (nSPS) is 14.3. The van der Waals surface area contributed by atoms with Gasteiger partial charge in [0, 0.05) is 13.1 Å². The fourth-order valence-corrected chi connectivity index (χ4v) is 1.44. The second kappa shape index (κ2) is 6.06. The Labute approximate surface area is 90.3 Å². The van der Waals surface area contributed by atoms with E-state index in [2.05, 4.69) is 19.1 Å². The monoisotopic (exact) mass is 207 g/mol. The lowest BCUT2D eigenvalue weighted by Crippen LogP contribution is -2.25. The van der Waals surface area contributed by atoms with E-state index < -0.39 is 6.09 Å². The zero-order chi connectivity index (χ0) is 11.1. The summed E-state index contributed by atoms with van der Waals surface area (Å²) in [6, 6.07) is 10.3. The number of nitrogens with zero attached hydrogens (tertiary/aromatic N) is 1. The van der Waals surface area contributed by atoms with Crippen molar-refractivity contribution >= 4 is 6.09 Å². The van der Waals surface area contributed by atoms with Gasteiger partial charge in [-0.1, -0.05) is 35.9 Å². The summed E-state index contributed by atoms with van der Waals surface area (Å²) in [6.07, 6.45) is 1.29. The van der Waals surface area contributed by atoms with Gasteiger partial charge in [0.05, 0.1) is 0 Å². The Bertz CT molecular complexity index is 292. The van der Waals surface area contributed by atoms with E-state index >= 15 is 0 Å². The molecule has 1 aliphatic heterocycles. The van der Waals surface area contributed by atoms with Gasteiger partial charge in [-0.05, 0) is 19.8 Å². The van der Waals surface area contributed by atoms with Crippen molar-refractivity contribution < 1.29 is 9.90 Å². The number of carbonyl (C=O) groups is 1. The number of carboxylic acid groups (broad SMARTS) is 1. The predicted octanol–water partition coefficient (Wildman–Crippen LogP) is 2.76. The average molecular weight is 207 g/mol. The van der Waals surface area contributed by atoms with E-state index in [4.69, 9.17) is 5.11 Å². The predicted molar refractivity (Wildman–Crippen MR) is 60.0 cm³/mol. The lowest BCUT2D eigenvalue weighted by atomic mass is 10.2. The Hall–Kier alpha value is -1.51. The standard InChI is InChI=1S/C7H8.C5H9NO2/c1-7-5-3-2-4-6-7;7-5(8)6-3-1-2-4-6/h2-6H,1H3;1-4H2,(H,7,8). The molecule has 2 rings (SSSR count). The van der Waals surface area contributed by atoms with E-state index in [1.165, 1.54) is 10.5 Å². The molecule has 1 amide bonds. The third-order valence-electron chi connectivity index (χ3n) is 2.32. The summed E-state index contributed by atoms with van der Waals surface area (Å²) in [5.41, 5.74) is 1.32. The molecule has 1 heterocycles. The molecule has 1 aliphatic rings. The molecule has 3 heteroatoms. The van der Waals surface area contributed by atoms with Crippen molar-refractivity contribution in [2.24, 2.45) is 0 Å². The molecule has 1 N–H and O–H groups in total. The first-order valence-corrected chi connectivity index (χ1v) is 5.19. The Morgan fingerprint density at radius 2 is 1.73 bits per heavy atom. The summed E-state index contributed by atoms with van der Waals surface area (Å²) >= 11 is 0. The third-order valence-corrected chi connectivity index (χ3v) is 2.32. The third kappa shape index (κ3) is 4.49. The van der Waals surface area contributed by atoms with Gasteiger partial charge in [-0.2, -0.15) is 0 Å². The Morgan fingerprint density at radius 3 is 2.00 bits per heavy atom. The second-order valence-electron chi connectivity index (χ2n) is 3.63. The van der Waals surface area contributed by atoms with Crippen molar-refractivity contribution in [3.05, 3.63) is 35.9 Å². The number of hydrogen-bond acceptors (Lipinski definition) is 1. The summed E-state index contributed by atoms with van der Waals surface area (Å²) in [6.45, 7) is 3.55. The number of rotatable bonds is 0. The highest BCUT2D eigenvalue weighted by atomic mass is 16.4. The maximum atomic E-state index is 10.1. The highest BCUT2D eigenvalue weighted by molar-refractivity contribution is 5.65. The van der Waals surface area contributed by atoms with Crippen LogP contribution < -0.4 is 0 Å². The molecular weight excluding hydrogens is 190 g/mol. The highest BCUT2D eigenvalue weighted by Gasteiger charge is 2.15. The molecule has 1 fully saturated rings. The molecule has 3 nitrogen and oxygen atoms in total. The van der Waals surface area contributed by atoms with Crippen molar-refractivity contribution in [2.75, 3.05) is 13.1 Å². The van der Waals surface area contributed by atoms with Crippen LogP contribution in [0, 0.1) is 6.92 Å². The molecule has 1 aromatic carbocycles. The molecule has 0 bridgehead atoms. The molecule has 1 aromatic rings. The minimum atomic E-state index is -0.775. The van der Waals surface area contributed by atoms with Gasteiger partial charge in [0.1, 0.15) is 0 Å². The van der Waals surface area contributed by atoms with Crippen LogP contribution in [0.25, 0.3) is 0 Å². The second-order valence-corrected chi connectivity index (χ2v) is 3.63. The van der Waals surface area contributed by atoms with E-state index in [1.807, 2.05) is 18.2 Å². The van der Waals surface area contributed by atoms with Gasteiger partial charge in [0.2, 0.25) is 0 Å². The van der Waals surface area contributed by atoms with E-state index in [0.29, 0.717) is 0 Å². The molecule has 0 atom stereocenters. The maximum absolute atomic E-state index is 10.1. The Balaban J connectivity index is 0.000000151. The minimum Gasteiger partial charge on any atom is -0.465 e. The van der Waals surface area contributed by atoms with Gasteiger partial charge in [0.25, 0.3) is 0 Å². The summed E-state index contributed by atoms with van der Waals surface area (Å²) in [5, 5.41) is 8.34. The summed E-state index contributed by atoms with van der Waals surface area (Å²) in [4.78, 5) is 11.6. The molecule has 0 aromatic heterocycles. The first-order chi connectivity index (χ1) is 7.20. The van der Waals surface area contributed by atoms with Gasteiger partial charge in [-0.3, -0.25) is 0 Å². The average Bonchev–Trinajstić information content (AvgIpc) is 2.72. The molecular formula is C12H17NO2. The van der Waals surface area contributed by atoms with Crippen LogP contribution in [0.1, 0.15) is 18.4 Å². The molecule has 0 radical (unpaired) electrons. The maximum Gasteiger partial charge on any atom is 0.407 e. The molecule has 15 heavy (non-hydrogen) atoms. The van der Waals surface area contributed by atoms with E-state index in [1.54, 1.807) is 0 Å². The van der Waals surface area contributed by atoms with Crippen LogP contribution in [-0.2, 0) is 0 Å². The minimum absolute atomic E-state index is 0.731. The van der Waals surface area contributed by atoms with Crippen LogP contribution in [0.3, 0.4) is 0 Å². The topological polar surface area (TPSA) is 40.5 Å². The first kappa shape index (κ1) is 11.6. The lowest BCUT2D eigenvalue weighted by molar-refractivity contribution is 0.156. The zero-order valence-corrected chi connectivity index (χ0v) is 9.02. The van der Waals surface area contributed by atoms with Crippen molar-refractivity contribution in [3.8, 4) is 0 Å². The molecule has 82 valence electrons.